The fourth-order valence-electron chi connectivity index (χ4n) is 1.78. The van der Waals surface area contributed by atoms with Gasteiger partial charge in [0, 0.05) is 30.4 Å². The Hall–Kier alpha value is -0.430. The van der Waals surface area contributed by atoms with E-state index in [1.807, 2.05) is 6.92 Å². The Morgan fingerprint density at radius 1 is 1.50 bits per heavy atom. The summed E-state index contributed by atoms with van der Waals surface area (Å²) >= 11 is 1.50. The van der Waals surface area contributed by atoms with E-state index >= 15 is 0 Å². The van der Waals surface area contributed by atoms with Gasteiger partial charge in [0.15, 0.2) is 0 Å². The molecule has 6 heteroatoms. The van der Waals surface area contributed by atoms with Gasteiger partial charge in [0.05, 0.1) is 4.90 Å². The summed E-state index contributed by atoms with van der Waals surface area (Å²) in [6, 6.07) is 1.78. The molecule has 0 amide bonds. The Bertz CT molecular complexity index is 492. The number of rotatable bonds is 7. The van der Waals surface area contributed by atoms with Crippen molar-refractivity contribution in [2.45, 2.75) is 31.2 Å². The third-order valence-electron chi connectivity index (χ3n) is 3.10. The molecular formula is C12H20N2O2S2. The molecule has 0 aromatic carbocycles. The van der Waals surface area contributed by atoms with E-state index < -0.39 is 10.0 Å². The molecule has 1 heterocycles. The zero-order chi connectivity index (χ0) is 13.2. The molecule has 1 saturated carbocycles. The van der Waals surface area contributed by atoms with Crippen molar-refractivity contribution in [1.29, 1.82) is 0 Å². The predicted molar refractivity (Wildman–Crippen MR) is 74.2 cm³/mol. The van der Waals surface area contributed by atoms with Gasteiger partial charge in [-0.2, -0.15) is 0 Å². The van der Waals surface area contributed by atoms with Crippen molar-refractivity contribution in [1.82, 2.24) is 9.62 Å². The number of hydrogen-bond donors (Lipinski definition) is 1. The Labute approximate surface area is 113 Å². The van der Waals surface area contributed by atoms with Crippen LogP contribution >= 0.6 is 11.3 Å². The zero-order valence-corrected chi connectivity index (χ0v) is 12.5. The van der Waals surface area contributed by atoms with Crippen LogP contribution < -0.4 is 5.32 Å². The zero-order valence-electron chi connectivity index (χ0n) is 10.8. The lowest BCUT2D eigenvalue weighted by Gasteiger charge is -2.15. The molecule has 1 aliphatic rings. The van der Waals surface area contributed by atoms with Crippen LogP contribution in [0.3, 0.4) is 0 Å². The highest BCUT2D eigenvalue weighted by Crippen LogP contribution is 2.31. The summed E-state index contributed by atoms with van der Waals surface area (Å²) in [7, 11) is -1.61. The second-order valence-electron chi connectivity index (χ2n) is 4.76. The van der Waals surface area contributed by atoms with E-state index in [0.29, 0.717) is 17.4 Å². The van der Waals surface area contributed by atoms with Gasteiger partial charge in [-0.25, -0.2) is 12.7 Å². The van der Waals surface area contributed by atoms with E-state index in [0.717, 1.165) is 30.8 Å². The average Bonchev–Trinajstić information content (AvgIpc) is 3.01. The summed E-state index contributed by atoms with van der Waals surface area (Å²) in [5, 5.41) is 4.94. The van der Waals surface area contributed by atoms with Crippen LogP contribution in [-0.2, 0) is 16.6 Å². The highest BCUT2D eigenvalue weighted by molar-refractivity contribution is 7.89. The van der Waals surface area contributed by atoms with Crippen LogP contribution in [0.5, 0.6) is 0 Å². The third kappa shape index (κ3) is 3.32. The molecule has 1 aromatic rings. The van der Waals surface area contributed by atoms with Gasteiger partial charge < -0.3 is 5.32 Å². The minimum absolute atomic E-state index is 0.434. The van der Waals surface area contributed by atoms with Crippen LogP contribution in [0, 0.1) is 5.92 Å². The third-order valence-corrected chi connectivity index (χ3v) is 5.99. The largest absolute Gasteiger partial charge is 0.312 e. The van der Waals surface area contributed by atoms with E-state index in [1.54, 1.807) is 18.5 Å². The first-order chi connectivity index (χ1) is 8.54. The minimum atomic E-state index is -3.28. The molecule has 1 aromatic heterocycles. The lowest BCUT2D eigenvalue weighted by atomic mass is 10.4. The Kier molecular flexibility index (Phi) is 4.42. The van der Waals surface area contributed by atoms with E-state index in [9.17, 15) is 8.42 Å². The van der Waals surface area contributed by atoms with Crippen molar-refractivity contribution < 1.29 is 8.42 Å². The van der Waals surface area contributed by atoms with E-state index in [-0.39, 0.29) is 0 Å². The van der Waals surface area contributed by atoms with Crippen molar-refractivity contribution in [2.75, 3.05) is 20.1 Å². The maximum atomic E-state index is 12.3. The maximum absolute atomic E-state index is 12.3. The summed E-state index contributed by atoms with van der Waals surface area (Å²) in [5.74, 6) is 0.574. The molecule has 0 bridgehead atoms. The molecule has 1 aliphatic carbocycles. The first-order valence-corrected chi connectivity index (χ1v) is 8.60. The van der Waals surface area contributed by atoms with Crippen molar-refractivity contribution in [2.24, 2.45) is 5.92 Å². The smallest absolute Gasteiger partial charge is 0.243 e. The predicted octanol–water partition coefficient (Wildman–Crippen LogP) is 1.89. The normalized spacial score (nSPS) is 16.4. The van der Waals surface area contributed by atoms with Gasteiger partial charge in [0.2, 0.25) is 10.0 Å². The van der Waals surface area contributed by atoms with Gasteiger partial charge in [-0.3, -0.25) is 0 Å². The second kappa shape index (κ2) is 5.69. The highest BCUT2D eigenvalue weighted by Gasteiger charge is 2.29. The number of hydrogen-bond acceptors (Lipinski definition) is 4. The first kappa shape index (κ1) is 14.0. The Balaban J connectivity index is 2.05. The molecule has 18 heavy (non-hydrogen) atoms. The molecule has 102 valence electrons. The quantitative estimate of drug-likeness (QED) is 0.833. The summed E-state index contributed by atoms with van der Waals surface area (Å²) in [4.78, 5) is 1.50. The molecule has 0 unspecified atom stereocenters. The van der Waals surface area contributed by atoms with Crippen LogP contribution in [0.25, 0.3) is 0 Å². The molecule has 2 rings (SSSR count). The first-order valence-electron chi connectivity index (χ1n) is 6.28. The second-order valence-corrected chi connectivity index (χ2v) is 7.80. The highest BCUT2D eigenvalue weighted by atomic mass is 32.2. The standard InChI is InChI=1S/C12H20N2O2S2/c1-3-13-7-11-6-12(9-17-11)18(15,16)14(2)8-10-4-5-10/h6,9-10,13H,3-5,7-8H2,1-2H3. The van der Waals surface area contributed by atoms with Gasteiger partial charge in [-0.05, 0) is 31.4 Å². The molecule has 1 fully saturated rings. The van der Waals surface area contributed by atoms with Gasteiger partial charge in [0.1, 0.15) is 0 Å². The molecule has 1 N–H and O–H groups in total. The van der Waals surface area contributed by atoms with Crippen molar-refractivity contribution in [3.63, 3.8) is 0 Å². The summed E-state index contributed by atoms with van der Waals surface area (Å²) in [5.41, 5.74) is 0. The van der Waals surface area contributed by atoms with Crippen molar-refractivity contribution in [3.05, 3.63) is 16.3 Å². The summed E-state index contributed by atoms with van der Waals surface area (Å²) in [6.45, 7) is 4.32. The summed E-state index contributed by atoms with van der Waals surface area (Å²) in [6.07, 6.45) is 2.32. The van der Waals surface area contributed by atoms with E-state index in [2.05, 4.69) is 5.32 Å². The number of nitrogens with zero attached hydrogens (tertiary/aromatic N) is 1. The SMILES string of the molecule is CCNCc1cc(S(=O)(=O)N(C)CC2CC2)cs1. The molecule has 0 atom stereocenters. The molecule has 4 nitrogen and oxygen atoms in total. The van der Waals surface area contributed by atoms with Crippen LogP contribution in [0.4, 0.5) is 0 Å². The van der Waals surface area contributed by atoms with Gasteiger partial charge in [-0.1, -0.05) is 6.92 Å². The van der Waals surface area contributed by atoms with E-state index in [1.165, 1.54) is 15.6 Å². The monoisotopic (exact) mass is 288 g/mol. The molecular weight excluding hydrogens is 268 g/mol. The van der Waals surface area contributed by atoms with Crippen LogP contribution in [0.1, 0.15) is 24.6 Å². The van der Waals surface area contributed by atoms with Crippen molar-refractivity contribution >= 4 is 21.4 Å². The van der Waals surface area contributed by atoms with Gasteiger partial charge in [0.25, 0.3) is 0 Å². The number of thiophene rings is 1. The topological polar surface area (TPSA) is 49.4 Å². The van der Waals surface area contributed by atoms with Gasteiger partial charge in [-0.15, -0.1) is 11.3 Å². The van der Waals surface area contributed by atoms with Crippen LogP contribution in [-0.4, -0.2) is 32.9 Å². The molecule has 0 aliphatic heterocycles. The maximum Gasteiger partial charge on any atom is 0.243 e. The van der Waals surface area contributed by atoms with Gasteiger partial charge >= 0.3 is 0 Å². The molecule has 0 radical (unpaired) electrons. The lowest BCUT2D eigenvalue weighted by molar-refractivity contribution is 0.453. The number of nitrogens with one attached hydrogen (secondary N) is 1. The molecule has 0 spiro atoms. The van der Waals surface area contributed by atoms with E-state index in [4.69, 9.17) is 0 Å². The Morgan fingerprint density at radius 2 is 2.22 bits per heavy atom. The fourth-order valence-corrected chi connectivity index (χ4v) is 4.26. The molecule has 0 saturated heterocycles. The van der Waals surface area contributed by atoms with Crippen LogP contribution in [0.15, 0.2) is 16.3 Å². The van der Waals surface area contributed by atoms with Crippen LogP contribution in [0.2, 0.25) is 0 Å². The fraction of sp³-hybridized carbons (Fsp3) is 0.667. The average molecular weight is 288 g/mol. The minimum Gasteiger partial charge on any atom is -0.312 e. The summed E-state index contributed by atoms with van der Waals surface area (Å²) < 4.78 is 26.1. The lowest BCUT2D eigenvalue weighted by Crippen LogP contribution is -2.28. The number of sulfonamides is 1. The Morgan fingerprint density at radius 3 is 2.83 bits per heavy atom. The van der Waals surface area contributed by atoms with Crippen molar-refractivity contribution in [3.8, 4) is 0 Å².